The summed E-state index contributed by atoms with van der Waals surface area (Å²) in [6.45, 7) is 8.06. The predicted octanol–water partition coefficient (Wildman–Crippen LogP) is 3.94. The third-order valence-electron chi connectivity index (χ3n) is 6.63. The smallest absolute Gasteiger partial charge is 0.226 e. The van der Waals surface area contributed by atoms with Gasteiger partial charge in [0.2, 0.25) is 5.91 Å². The summed E-state index contributed by atoms with van der Waals surface area (Å²) in [5.74, 6) is 3.79. The number of hydrogen-bond donors (Lipinski definition) is 0. The van der Waals surface area contributed by atoms with Crippen LogP contribution >= 0.6 is 0 Å². The molecule has 0 radical (unpaired) electrons. The number of nitrogens with zero attached hydrogens (tertiary/aromatic N) is 2. The van der Waals surface area contributed by atoms with Crippen LogP contribution < -0.4 is 0 Å². The molecule has 0 bridgehead atoms. The molecule has 2 saturated heterocycles. The third-order valence-corrected chi connectivity index (χ3v) is 6.63. The van der Waals surface area contributed by atoms with Crippen LogP contribution in [0.5, 0.6) is 0 Å². The molecule has 142 valence electrons. The molecule has 3 aliphatic rings. The summed E-state index contributed by atoms with van der Waals surface area (Å²) in [6, 6.07) is 13.0. The topological polar surface area (TPSA) is 36.7 Å². The normalized spacial score (nSPS) is 27.9. The summed E-state index contributed by atoms with van der Waals surface area (Å²) in [4.78, 5) is 17.7. The van der Waals surface area contributed by atoms with Crippen molar-refractivity contribution < 1.29 is 9.21 Å². The highest BCUT2D eigenvalue weighted by atomic mass is 16.3. The van der Waals surface area contributed by atoms with Crippen molar-refractivity contribution in [2.24, 2.45) is 17.8 Å². The number of carbonyl (C=O) groups excluding carboxylic acids is 1. The van der Waals surface area contributed by atoms with Crippen molar-refractivity contribution in [1.82, 2.24) is 9.80 Å². The summed E-state index contributed by atoms with van der Waals surface area (Å²) in [5.41, 5.74) is 2.64. The number of aryl methyl sites for hydroxylation is 2. The summed E-state index contributed by atoms with van der Waals surface area (Å²) < 4.78 is 5.79. The van der Waals surface area contributed by atoms with E-state index in [1.807, 2.05) is 13.0 Å². The van der Waals surface area contributed by atoms with Crippen molar-refractivity contribution in [3.8, 4) is 0 Å². The second-order valence-corrected chi connectivity index (χ2v) is 8.70. The lowest BCUT2D eigenvalue weighted by atomic mass is 9.87. The van der Waals surface area contributed by atoms with Gasteiger partial charge in [0, 0.05) is 31.5 Å². The Morgan fingerprint density at radius 3 is 2.59 bits per heavy atom. The first-order chi connectivity index (χ1) is 13.1. The molecule has 4 heteroatoms. The molecule has 0 spiro atoms. The van der Waals surface area contributed by atoms with Crippen LogP contribution in [-0.4, -0.2) is 35.3 Å². The van der Waals surface area contributed by atoms with Crippen LogP contribution in [0.4, 0.5) is 0 Å². The highest BCUT2D eigenvalue weighted by Gasteiger charge is 2.51. The number of amides is 1. The Kier molecular flexibility index (Phi) is 4.12. The van der Waals surface area contributed by atoms with Gasteiger partial charge in [-0.1, -0.05) is 24.3 Å². The maximum atomic E-state index is 13.0. The van der Waals surface area contributed by atoms with Gasteiger partial charge in [-0.3, -0.25) is 9.69 Å². The average molecular weight is 364 g/mol. The number of fused-ring (bicyclic) bond motifs is 1. The number of furan rings is 1. The third kappa shape index (κ3) is 3.10. The highest BCUT2D eigenvalue weighted by Crippen LogP contribution is 2.48. The first kappa shape index (κ1) is 17.1. The van der Waals surface area contributed by atoms with Crippen LogP contribution in [0.1, 0.15) is 41.5 Å². The average Bonchev–Trinajstić information content (AvgIpc) is 3.18. The van der Waals surface area contributed by atoms with E-state index in [4.69, 9.17) is 4.42 Å². The fourth-order valence-electron chi connectivity index (χ4n) is 5.17. The van der Waals surface area contributed by atoms with Gasteiger partial charge in [-0.15, -0.1) is 0 Å². The fraction of sp³-hybridized carbons (Fsp3) is 0.522. The van der Waals surface area contributed by atoms with Crippen LogP contribution in [0.3, 0.4) is 0 Å². The lowest BCUT2D eigenvalue weighted by molar-refractivity contribution is -0.134. The Labute approximate surface area is 161 Å². The first-order valence-corrected chi connectivity index (χ1v) is 10.2. The number of rotatable bonds is 4. The molecule has 3 heterocycles. The van der Waals surface area contributed by atoms with Crippen LogP contribution in [0, 0.1) is 31.6 Å². The van der Waals surface area contributed by atoms with Crippen LogP contribution in [0.15, 0.2) is 40.8 Å². The monoisotopic (exact) mass is 364 g/mol. The Hall–Kier alpha value is -2.07. The van der Waals surface area contributed by atoms with Crippen molar-refractivity contribution in [3.63, 3.8) is 0 Å². The largest absolute Gasteiger partial charge is 0.465 e. The number of likely N-dealkylation sites (tertiary alicyclic amines) is 2. The van der Waals surface area contributed by atoms with Gasteiger partial charge in [0.15, 0.2) is 0 Å². The molecule has 2 aromatic rings. The Morgan fingerprint density at radius 1 is 1.07 bits per heavy atom. The molecule has 4 nitrogen and oxygen atoms in total. The first-order valence-electron chi connectivity index (χ1n) is 10.2. The Morgan fingerprint density at radius 2 is 1.89 bits per heavy atom. The van der Waals surface area contributed by atoms with Gasteiger partial charge in [-0.2, -0.15) is 0 Å². The number of hydrogen-bond acceptors (Lipinski definition) is 3. The molecule has 2 aliphatic heterocycles. The van der Waals surface area contributed by atoms with Gasteiger partial charge in [-0.25, -0.2) is 0 Å². The van der Waals surface area contributed by atoms with E-state index in [0.717, 1.165) is 50.5 Å². The molecule has 1 amide bonds. The van der Waals surface area contributed by atoms with Crippen molar-refractivity contribution >= 4 is 5.91 Å². The van der Waals surface area contributed by atoms with Crippen molar-refractivity contribution in [2.45, 2.75) is 39.3 Å². The minimum absolute atomic E-state index is 0.229. The fourth-order valence-corrected chi connectivity index (χ4v) is 5.17. The van der Waals surface area contributed by atoms with E-state index in [9.17, 15) is 4.79 Å². The molecule has 1 aromatic heterocycles. The van der Waals surface area contributed by atoms with Gasteiger partial charge < -0.3 is 9.32 Å². The van der Waals surface area contributed by atoms with E-state index in [0.29, 0.717) is 17.7 Å². The molecule has 3 atom stereocenters. The van der Waals surface area contributed by atoms with E-state index < -0.39 is 0 Å². The number of benzene rings is 1. The number of carbonyl (C=O) groups is 1. The maximum Gasteiger partial charge on any atom is 0.226 e. The second-order valence-electron chi connectivity index (χ2n) is 8.70. The molecule has 0 N–H and O–H groups in total. The molecule has 27 heavy (non-hydrogen) atoms. The second kappa shape index (κ2) is 6.52. The SMILES string of the molecule is Cc1ccc(CN2C[C@H]3CN(C(=O)C4CC4)[C@@H](c4ccccc4C)[C@H]3C2)o1. The molecule has 1 saturated carbocycles. The van der Waals surface area contributed by atoms with Gasteiger partial charge in [0.1, 0.15) is 11.5 Å². The molecule has 0 unspecified atom stereocenters. The van der Waals surface area contributed by atoms with E-state index in [-0.39, 0.29) is 12.0 Å². The van der Waals surface area contributed by atoms with Gasteiger partial charge in [-0.05, 0) is 55.9 Å². The Bertz CT molecular complexity index is 854. The summed E-state index contributed by atoms with van der Waals surface area (Å²) >= 11 is 0. The van der Waals surface area contributed by atoms with Gasteiger partial charge >= 0.3 is 0 Å². The molecule has 1 aromatic carbocycles. The molecular formula is C23H28N2O2. The van der Waals surface area contributed by atoms with Crippen molar-refractivity contribution in [1.29, 1.82) is 0 Å². The summed E-state index contributed by atoms with van der Waals surface area (Å²) in [5, 5.41) is 0. The van der Waals surface area contributed by atoms with Crippen molar-refractivity contribution in [2.75, 3.05) is 19.6 Å². The zero-order valence-corrected chi connectivity index (χ0v) is 16.2. The zero-order chi connectivity index (χ0) is 18.5. The van der Waals surface area contributed by atoms with Crippen LogP contribution in [0.25, 0.3) is 0 Å². The quantitative estimate of drug-likeness (QED) is 0.825. The minimum atomic E-state index is 0.229. The van der Waals surface area contributed by atoms with Gasteiger partial charge in [0.05, 0.1) is 12.6 Å². The molecular weight excluding hydrogens is 336 g/mol. The predicted molar refractivity (Wildman–Crippen MR) is 104 cm³/mol. The zero-order valence-electron chi connectivity index (χ0n) is 16.2. The van der Waals surface area contributed by atoms with Crippen LogP contribution in [-0.2, 0) is 11.3 Å². The van der Waals surface area contributed by atoms with Crippen LogP contribution in [0.2, 0.25) is 0 Å². The maximum absolute atomic E-state index is 13.0. The molecule has 3 fully saturated rings. The van der Waals surface area contributed by atoms with E-state index in [1.165, 1.54) is 11.1 Å². The van der Waals surface area contributed by atoms with Crippen molar-refractivity contribution in [3.05, 3.63) is 59.0 Å². The Balaban J connectivity index is 1.40. The standard InChI is InChI=1S/C23H28N2O2/c1-15-5-3-4-6-20(15)22-21-14-24(13-19-10-7-16(2)27-19)11-18(21)12-25(22)23(26)17-8-9-17/h3-7,10,17-18,21-22H,8-9,11-14H2,1-2H3/t18-,21-,22-/m0/s1. The highest BCUT2D eigenvalue weighted by molar-refractivity contribution is 5.82. The minimum Gasteiger partial charge on any atom is -0.465 e. The van der Waals surface area contributed by atoms with Gasteiger partial charge in [0.25, 0.3) is 0 Å². The molecule has 5 rings (SSSR count). The lowest BCUT2D eigenvalue weighted by Gasteiger charge is -2.31. The lowest BCUT2D eigenvalue weighted by Crippen LogP contribution is -2.36. The van der Waals surface area contributed by atoms with E-state index >= 15 is 0 Å². The summed E-state index contributed by atoms with van der Waals surface area (Å²) in [7, 11) is 0. The molecule has 1 aliphatic carbocycles. The van der Waals surface area contributed by atoms with E-state index in [2.05, 4.69) is 47.1 Å². The summed E-state index contributed by atoms with van der Waals surface area (Å²) in [6.07, 6.45) is 2.16. The van der Waals surface area contributed by atoms with E-state index in [1.54, 1.807) is 0 Å².